The Bertz CT molecular complexity index is 1190. The molecule has 0 spiro atoms. The number of ether oxygens (including phenoxy) is 1. The summed E-state index contributed by atoms with van der Waals surface area (Å²) in [4.78, 5) is 28.5. The summed E-state index contributed by atoms with van der Waals surface area (Å²) < 4.78 is 6.23. The number of imide groups is 1. The largest absolute Gasteiger partial charge is 0.445 e. The molecule has 1 aliphatic heterocycles. The second kappa shape index (κ2) is 9.69. The molecule has 0 unspecified atom stereocenters. The van der Waals surface area contributed by atoms with Gasteiger partial charge in [-0.2, -0.15) is 0 Å². The van der Waals surface area contributed by atoms with E-state index in [0.29, 0.717) is 12.0 Å². The Hall–Kier alpha value is -3.40. The van der Waals surface area contributed by atoms with E-state index in [1.807, 2.05) is 60.7 Å². The number of rotatable bonds is 5. The van der Waals surface area contributed by atoms with Gasteiger partial charge < -0.3 is 4.74 Å². The summed E-state index contributed by atoms with van der Waals surface area (Å²) in [6, 6.07) is 27.7. The molecule has 2 amide bonds. The molecule has 0 radical (unpaired) electrons. The van der Waals surface area contributed by atoms with Gasteiger partial charge in [0, 0.05) is 11.5 Å². The van der Waals surface area contributed by atoms with Gasteiger partial charge in [0.25, 0.3) is 5.91 Å². The lowest BCUT2D eigenvalue weighted by atomic mass is 9.66. The Balaban J connectivity index is 1.41. The maximum absolute atomic E-state index is 13.7. The van der Waals surface area contributed by atoms with Crippen LogP contribution in [-0.2, 0) is 16.6 Å². The molecule has 0 bridgehead atoms. The minimum atomic E-state index is -0.520. The van der Waals surface area contributed by atoms with Gasteiger partial charge in [-0.05, 0) is 53.9 Å². The van der Waals surface area contributed by atoms with Crippen LogP contribution in [0.5, 0.6) is 0 Å². The van der Waals surface area contributed by atoms with Crippen LogP contribution in [0.15, 0.2) is 84.9 Å². The third-order valence-electron chi connectivity index (χ3n) is 7.95. The molecule has 0 saturated heterocycles. The quantitative estimate of drug-likeness (QED) is 0.402. The molecule has 35 heavy (non-hydrogen) atoms. The van der Waals surface area contributed by atoms with Crippen molar-refractivity contribution in [3.63, 3.8) is 0 Å². The molecule has 5 rings (SSSR count). The predicted molar refractivity (Wildman–Crippen MR) is 137 cm³/mol. The van der Waals surface area contributed by atoms with Crippen LogP contribution in [-0.4, -0.2) is 23.0 Å². The van der Waals surface area contributed by atoms with Gasteiger partial charge >= 0.3 is 6.09 Å². The fourth-order valence-corrected chi connectivity index (χ4v) is 5.97. The van der Waals surface area contributed by atoms with E-state index in [0.717, 1.165) is 36.8 Å². The van der Waals surface area contributed by atoms with Gasteiger partial charge in [-0.3, -0.25) is 4.79 Å². The first-order valence-corrected chi connectivity index (χ1v) is 12.7. The summed E-state index contributed by atoms with van der Waals surface area (Å²) in [7, 11) is 0. The lowest BCUT2D eigenvalue weighted by Gasteiger charge is -2.42. The Labute approximate surface area is 207 Å². The maximum atomic E-state index is 13.7. The summed E-state index contributed by atoms with van der Waals surface area (Å²) >= 11 is 0. The highest BCUT2D eigenvalue weighted by Crippen LogP contribution is 2.43. The van der Waals surface area contributed by atoms with E-state index in [2.05, 4.69) is 38.1 Å². The van der Waals surface area contributed by atoms with Crippen molar-refractivity contribution in [2.24, 2.45) is 5.92 Å². The number of carbonyl (C=O) groups is 2. The van der Waals surface area contributed by atoms with Crippen LogP contribution in [0.1, 0.15) is 72.6 Å². The topological polar surface area (TPSA) is 46.6 Å². The second-order valence-electron chi connectivity index (χ2n) is 10.4. The van der Waals surface area contributed by atoms with Gasteiger partial charge in [0.15, 0.2) is 0 Å². The highest BCUT2D eigenvalue weighted by Gasteiger charge is 2.45. The lowest BCUT2D eigenvalue weighted by molar-refractivity contribution is -0.00780. The Kier molecular flexibility index (Phi) is 6.46. The molecule has 3 aromatic rings. The van der Waals surface area contributed by atoms with E-state index in [-0.39, 0.29) is 29.4 Å². The van der Waals surface area contributed by atoms with E-state index < -0.39 is 6.09 Å². The molecule has 1 saturated carbocycles. The summed E-state index contributed by atoms with van der Waals surface area (Å²) in [6.07, 6.45) is 3.81. The number of hydrogen-bond acceptors (Lipinski definition) is 3. The highest BCUT2D eigenvalue weighted by molar-refractivity contribution is 6.07. The SMILES string of the molecule is CC(C)(c1ccccc1)[C@H]1CCCC[C@@H]1OC(=O)N1C(=O)c2ccccc2[C@@H]1Cc1ccccc1. The molecule has 1 fully saturated rings. The molecule has 1 heterocycles. The van der Waals surface area contributed by atoms with Crippen LogP contribution in [0.3, 0.4) is 0 Å². The van der Waals surface area contributed by atoms with Crippen molar-refractivity contribution in [1.29, 1.82) is 0 Å². The molecular weight excluding hydrogens is 434 g/mol. The lowest BCUT2D eigenvalue weighted by Crippen LogP contribution is -2.45. The van der Waals surface area contributed by atoms with Gasteiger partial charge in [0.05, 0.1) is 6.04 Å². The van der Waals surface area contributed by atoms with E-state index >= 15 is 0 Å². The van der Waals surface area contributed by atoms with Crippen molar-refractivity contribution in [3.05, 3.63) is 107 Å². The first-order valence-electron chi connectivity index (χ1n) is 12.7. The molecular formula is C31H33NO3. The van der Waals surface area contributed by atoms with E-state index in [9.17, 15) is 9.59 Å². The van der Waals surface area contributed by atoms with Gasteiger partial charge in [0.2, 0.25) is 0 Å². The minimum Gasteiger partial charge on any atom is -0.445 e. The van der Waals surface area contributed by atoms with Crippen LogP contribution < -0.4 is 0 Å². The molecule has 2 aliphatic rings. The Morgan fingerprint density at radius 3 is 2.26 bits per heavy atom. The summed E-state index contributed by atoms with van der Waals surface area (Å²) in [5.74, 6) is -0.0727. The van der Waals surface area contributed by atoms with E-state index in [1.165, 1.54) is 10.5 Å². The number of hydrogen-bond donors (Lipinski definition) is 0. The summed E-state index contributed by atoms with van der Waals surface area (Å²) in [5.41, 5.74) is 3.67. The monoisotopic (exact) mass is 467 g/mol. The fraction of sp³-hybridized carbons (Fsp3) is 0.355. The maximum Gasteiger partial charge on any atom is 0.417 e. The van der Waals surface area contributed by atoms with Crippen LogP contribution in [0.4, 0.5) is 4.79 Å². The molecule has 4 heteroatoms. The summed E-state index contributed by atoms with van der Waals surface area (Å²) in [5, 5.41) is 0. The van der Waals surface area contributed by atoms with Crippen LogP contribution >= 0.6 is 0 Å². The van der Waals surface area contributed by atoms with E-state index in [4.69, 9.17) is 4.74 Å². The van der Waals surface area contributed by atoms with Crippen molar-refractivity contribution >= 4 is 12.0 Å². The third kappa shape index (κ3) is 4.50. The first-order chi connectivity index (χ1) is 17.0. The molecule has 180 valence electrons. The third-order valence-corrected chi connectivity index (χ3v) is 7.95. The molecule has 3 atom stereocenters. The normalized spacial score (nSPS) is 22.1. The zero-order chi connectivity index (χ0) is 24.4. The zero-order valence-electron chi connectivity index (χ0n) is 20.5. The number of benzene rings is 3. The van der Waals surface area contributed by atoms with Crippen molar-refractivity contribution < 1.29 is 14.3 Å². The van der Waals surface area contributed by atoms with E-state index in [1.54, 1.807) is 0 Å². The van der Waals surface area contributed by atoms with Crippen LogP contribution in [0.25, 0.3) is 0 Å². The second-order valence-corrected chi connectivity index (χ2v) is 10.4. The molecule has 0 aromatic heterocycles. The van der Waals surface area contributed by atoms with Gasteiger partial charge in [-0.15, -0.1) is 0 Å². The predicted octanol–water partition coefficient (Wildman–Crippen LogP) is 7.10. The van der Waals surface area contributed by atoms with Crippen molar-refractivity contribution in [3.8, 4) is 0 Å². The molecule has 4 nitrogen and oxygen atoms in total. The standard InChI is InChI=1S/C31H33NO3/c1-31(2,23-15-7-4-8-16-23)26-19-11-12-20-28(26)35-30(34)32-27(21-22-13-5-3-6-14-22)24-17-9-10-18-25(24)29(32)33/h3-10,13-18,26-28H,11-12,19-21H2,1-2H3/t26-,27-,28-/m0/s1. The molecule has 3 aromatic carbocycles. The molecule has 0 N–H and O–H groups in total. The number of nitrogens with zero attached hydrogens (tertiary/aromatic N) is 1. The zero-order valence-corrected chi connectivity index (χ0v) is 20.5. The number of fused-ring (bicyclic) bond motifs is 1. The smallest absolute Gasteiger partial charge is 0.417 e. The van der Waals surface area contributed by atoms with Crippen LogP contribution in [0, 0.1) is 5.92 Å². The van der Waals surface area contributed by atoms with Crippen molar-refractivity contribution in [1.82, 2.24) is 4.90 Å². The average molecular weight is 468 g/mol. The molecule has 1 aliphatic carbocycles. The van der Waals surface area contributed by atoms with Crippen molar-refractivity contribution in [2.45, 2.75) is 63.5 Å². The number of carbonyl (C=O) groups excluding carboxylic acids is 2. The van der Waals surface area contributed by atoms with Gasteiger partial charge in [0.1, 0.15) is 6.10 Å². The van der Waals surface area contributed by atoms with Gasteiger partial charge in [-0.25, -0.2) is 9.69 Å². The van der Waals surface area contributed by atoms with Crippen molar-refractivity contribution in [2.75, 3.05) is 0 Å². The Morgan fingerprint density at radius 2 is 1.51 bits per heavy atom. The average Bonchev–Trinajstić information content (AvgIpc) is 3.17. The van der Waals surface area contributed by atoms with Crippen LogP contribution in [0.2, 0.25) is 0 Å². The Morgan fingerprint density at radius 1 is 0.886 bits per heavy atom. The number of amides is 2. The highest BCUT2D eigenvalue weighted by atomic mass is 16.6. The fourth-order valence-electron chi connectivity index (χ4n) is 5.97. The summed E-state index contributed by atoms with van der Waals surface area (Å²) in [6.45, 7) is 4.49. The first kappa shape index (κ1) is 23.3. The minimum absolute atomic E-state index is 0.145. The van der Waals surface area contributed by atoms with Gasteiger partial charge in [-0.1, -0.05) is 99.1 Å².